The van der Waals surface area contributed by atoms with Crippen molar-refractivity contribution < 1.29 is 23.5 Å². The molecule has 0 amide bonds. The molecule has 0 saturated heterocycles. The SMILES string of the molecule is CCC(=O)Oc1ccc(C(=O)OC(C)(C)C)cc1F. The Bertz CT molecular complexity index is 489. The first-order chi connectivity index (χ1) is 8.73. The highest BCUT2D eigenvalue weighted by atomic mass is 19.1. The number of benzene rings is 1. The Kier molecular flexibility index (Phi) is 4.64. The Labute approximate surface area is 111 Å². The van der Waals surface area contributed by atoms with Gasteiger partial charge in [0.15, 0.2) is 11.6 Å². The molecule has 104 valence electrons. The van der Waals surface area contributed by atoms with Crippen LogP contribution in [-0.4, -0.2) is 17.5 Å². The molecule has 0 aliphatic carbocycles. The van der Waals surface area contributed by atoms with Crippen molar-refractivity contribution >= 4 is 11.9 Å². The molecule has 5 heteroatoms. The number of carbonyl (C=O) groups excluding carboxylic acids is 2. The fourth-order valence-corrected chi connectivity index (χ4v) is 1.24. The van der Waals surface area contributed by atoms with E-state index < -0.39 is 23.4 Å². The largest absolute Gasteiger partial charge is 0.456 e. The van der Waals surface area contributed by atoms with Crippen LogP contribution in [0.1, 0.15) is 44.5 Å². The first kappa shape index (κ1) is 15.1. The van der Waals surface area contributed by atoms with Crippen molar-refractivity contribution in [1.82, 2.24) is 0 Å². The van der Waals surface area contributed by atoms with Gasteiger partial charge in [0.25, 0.3) is 0 Å². The summed E-state index contributed by atoms with van der Waals surface area (Å²) in [5, 5.41) is 0. The molecule has 0 atom stereocenters. The topological polar surface area (TPSA) is 52.6 Å². The third kappa shape index (κ3) is 4.69. The smallest absolute Gasteiger partial charge is 0.338 e. The van der Waals surface area contributed by atoms with E-state index in [4.69, 9.17) is 9.47 Å². The van der Waals surface area contributed by atoms with E-state index in [0.29, 0.717) is 0 Å². The lowest BCUT2D eigenvalue weighted by Gasteiger charge is -2.19. The third-order valence-electron chi connectivity index (χ3n) is 2.08. The minimum atomic E-state index is -0.773. The fourth-order valence-electron chi connectivity index (χ4n) is 1.24. The number of hydrogen-bond donors (Lipinski definition) is 0. The van der Waals surface area contributed by atoms with E-state index in [2.05, 4.69) is 0 Å². The van der Waals surface area contributed by atoms with Gasteiger partial charge in [0.05, 0.1) is 5.56 Å². The van der Waals surface area contributed by atoms with Crippen molar-refractivity contribution in [2.24, 2.45) is 0 Å². The summed E-state index contributed by atoms with van der Waals surface area (Å²) >= 11 is 0. The van der Waals surface area contributed by atoms with Gasteiger partial charge in [0.1, 0.15) is 5.60 Å². The monoisotopic (exact) mass is 268 g/mol. The summed E-state index contributed by atoms with van der Waals surface area (Å²) in [7, 11) is 0. The molecule has 0 N–H and O–H groups in total. The van der Waals surface area contributed by atoms with Gasteiger partial charge in [-0.15, -0.1) is 0 Å². The highest BCUT2D eigenvalue weighted by Crippen LogP contribution is 2.20. The number of rotatable bonds is 3. The average molecular weight is 268 g/mol. The molecule has 1 aromatic rings. The van der Waals surface area contributed by atoms with Crippen LogP contribution in [0, 0.1) is 5.82 Å². The van der Waals surface area contributed by atoms with Crippen molar-refractivity contribution in [2.45, 2.75) is 39.7 Å². The van der Waals surface area contributed by atoms with E-state index in [9.17, 15) is 14.0 Å². The van der Waals surface area contributed by atoms with Gasteiger partial charge in [-0.3, -0.25) is 4.79 Å². The molecule has 0 heterocycles. The van der Waals surface area contributed by atoms with Crippen LogP contribution in [0.15, 0.2) is 18.2 Å². The normalized spacial score (nSPS) is 11.0. The molecule has 0 fully saturated rings. The van der Waals surface area contributed by atoms with Gasteiger partial charge in [-0.25, -0.2) is 9.18 Å². The van der Waals surface area contributed by atoms with Crippen LogP contribution in [0.4, 0.5) is 4.39 Å². The lowest BCUT2D eigenvalue weighted by Crippen LogP contribution is -2.24. The minimum Gasteiger partial charge on any atom is -0.456 e. The second-order valence-corrected chi connectivity index (χ2v) is 4.97. The van der Waals surface area contributed by atoms with E-state index >= 15 is 0 Å². The molecule has 4 nitrogen and oxygen atoms in total. The quantitative estimate of drug-likeness (QED) is 0.624. The van der Waals surface area contributed by atoms with Gasteiger partial charge in [-0.1, -0.05) is 6.92 Å². The zero-order chi connectivity index (χ0) is 14.6. The summed E-state index contributed by atoms with van der Waals surface area (Å²) in [5.41, 5.74) is -0.579. The highest BCUT2D eigenvalue weighted by molar-refractivity contribution is 5.90. The second-order valence-electron chi connectivity index (χ2n) is 4.97. The van der Waals surface area contributed by atoms with Crippen LogP contribution in [0.5, 0.6) is 5.75 Å². The van der Waals surface area contributed by atoms with Gasteiger partial charge in [0, 0.05) is 6.42 Å². The Balaban J connectivity index is 2.87. The summed E-state index contributed by atoms with van der Waals surface area (Å²) in [4.78, 5) is 22.8. The van der Waals surface area contributed by atoms with E-state index in [1.54, 1.807) is 27.7 Å². The van der Waals surface area contributed by atoms with Crippen molar-refractivity contribution in [1.29, 1.82) is 0 Å². The number of esters is 2. The number of halogens is 1. The Morgan fingerprint density at radius 1 is 1.26 bits per heavy atom. The van der Waals surface area contributed by atoms with Crippen molar-refractivity contribution in [2.75, 3.05) is 0 Å². The maximum Gasteiger partial charge on any atom is 0.338 e. The number of hydrogen-bond acceptors (Lipinski definition) is 4. The van der Waals surface area contributed by atoms with Crippen LogP contribution < -0.4 is 4.74 Å². The molecular formula is C14H17FO4. The summed E-state index contributed by atoms with van der Waals surface area (Å²) in [6.07, 6.45) is 0.146. The van der Waals surface area contributed by atoms with E-state index in [-0.39, 0.29) is 17.7 Å². The molecular weight excluding hydrogens is 251 g/mol. The first-order valence-electron chi connectivity index (χ1n) is 5.96. The second kappa shape index (κ2) is 5.82. The summed E-state index contributed by atoms with van der Waals surface area (Å²) in [6.45, 7) is 6.77. The Hall–Kier alpha value is -1.91. The molecule has 1 aromatic carbocycles. The maximum atomic E-state index is 13.7. The van der Waals surface area contributed by atoms with Crippen molar-refractivity contribution in [3.05, 3.63) is 29.6 Å². The van der Waals surface area contributed by atoms with Gasteiger partial charge in [-0.05, 0) is 39.0 Å². The zero-order valence-electron chi connectivity index (χ0n) is 11.5. The molecule has 19 heavy (non-hydrogen) atoms. The van der Waals surface area contributed by atoms with E-state index in [1.807, 2.05) is 0 Å². The molecule has 0 spiro atoms. The average Bonchev–Trinajstić information content (AvgIpc) is 2.29. The first-order valence-corrected chi connectivity index (χ1v) is 5.96. The lowest BCUT2D eigenvalue weighted by atomic mass is 10.1. The lowest BCUT2D eigenvalue weighted by molar-refractivity contribution is -0.134. The molecule has 0 aromatic heterocycles. The van der Waals surface area contributed by atoms with Gasteiger partial charge >= 0.3 is 11.9 Å². The maximum absolute atomic E-state index is 13.7. The van der Waals surface area contributed by atoms with Crippen LogP contribution in [0.2, 0.25) is 0 Å². The number of ether oxygens (including phenoxy) is 2. The molecule has 0 radical (unpaired) electrons. The molecule has 0 unspecified atom stereocenters. The highest BCUT2D eigenvalue weighted by Gasteiger charge is 2.19. The summed E-state index contributed by atoms with van der Waals surface area (Å²) < 4.78 is 23.5. The molecule has 0 aliphatic rings. The van der Waals surface area contributed by atoms with Gasteiger partial charge < -0.3 is 9.47 Å². The predicted octanol–water partition coefficient (Wildman–Crippen LogP) is 3.10. The molecule has 0 saturated carbocycles. The third-order valence-corrected chi connectivity index (χ3v) is 2.08. The van der Waals surface area contributed by atoms with Crippen LogP contribution >= 0.6 is 0 Å². The molecule has 0 aliphatic heterocycles. The standard InChI is InChI=1S/C14H17FO4/c1-5-12(16)18-11-7-6-9(8-10(11)15)13(17)19-14(2,3)4/h6-8H,5H2,1-4H3. The number of carbonyl (C=O) groups is 2. The Morgan fingerprint density at radius 3 is 2.37 bits per heavy atom. The molecule has 1 rings (SSSR count). The molecule has 0 bridgehead atoms. The van der Waals surface area contributed by atoms with Gasteiger partial charge in [0.2, 0.25) is 0 Å². The van der Waals surface area contributed by atoms with Crippen LogP contribution in [-0.2, 0) is 9.53 Å². The van der Waals surface area contributed by atoms with E-state index in [1.165, 1.54) is 12.1 Å². The summed E-state index contributed by atoms with van der Waals surface area (Å²) in [5.74, 6) is -2.13. The van der Waals surface area contributed by atoms with Crippen LogP contribution in [0.25, 0.3) is 0 Å². The summed E-state index contributed by atoms with van der Waals surface area (Å²) in [6, 6.07) is 3.59. The van der Waals surface area contributed by atoms with E-state index in [0.717, 1.165) is 6.07 Å². The van der Waals surface area contributed by atoms with Crippen molar-refractivity contribution in [3.63, 3.8) is 0 Å². The predicted molar refractivity (Wildman–Crippen MR) is 67.5 cm³/mol. The van der Waals surface area contributed by atoms with Crippen molar-refractivity contribution in [3.8, 4) is 5.75 Å². The van der Waals surface area contributed by atoms with Gasteiger partial charge in [-0.2, -0.15) is 0 Å². The fraction of sp³-hybridized carbons (Fsp3) is 0.429. The van der Waals surface area contributed by atoms with Crippen LogP contribution in [0.3, 0.4) is 0 Å². The Morgan fingerprint density at radius 2 is 1.89 bits per heavy atom. The minimum absolute atomic E-state index is 0.0729. The zero-order valence-corrected chi connectivity index (χ0v) is 11.5.